The van der Waals surface area contributed by atoms with E-state index in [1.807, 2.05) is 21.6 Å². The van der Waals surface area contributed by atoms with Gasteiger partial charge in [0.1, 0.15) is 0 Å². The largest absolute Gasteiger partial charge is 0.418 e. The van der Waals surface area contributed by atoms with Gasteiger partial charge in [0.15, 0.2) is 16.6 Å². The molecule has 0 saturated carbocycles. The van der Waals surface area contributed by atoms with Crippen LogP contribution in [0.4, 0.5) is 0 Å². The highest BCUT2D eigenvalue weighted by atomic mass is 33.1. The second-order valence-electron chi connectivity index (χ2n) is 6.24. The minimum absolute atomic E-state index is 0.876. The van der Waals surface area contributed by atoms with Crippen LogP contribution < -0.4 is 0 Å². The van der Waals surface area contributed by atoms with Crippen LogP contribution in [-0.4, -0.2) is 41.4 Å². The van der Waals surface area contributed by atoms with E-state index in [-0.39, 0.29) is 0 Å². The van der Waals surface area contributed by atoms with Gasteiger partial charge < -0.3 is 8.85 Å². The highest BCUT2D eigenvalue weighted by molar-refractivity contribution is 8.76. The molecule has 0 fully saturated rings. The van der Waals surface area contributed by atoms with Crippen molar-refractivity contribution in [1.82, 2.24) is 0 Å². The van der Waals surface area contributed by atoms with E-state index < -0.39 is 16.6 Å². The minimum atomic E-state index is -1.35. The first-order valence-electron chi connectivity index (χ1n) is 7.85. The highest BCUT2D eigenvalue weighted by Crippen LogP contribution is 2.27. The van der Waals surface area contributed by atoms with Crippen LogP contribution in [-0.2, 0) is 8.85 Å². The number of hydrogen-bond acceptors (Lipinski definition) is 4. The molecule has 20 heavy (non-hydrogen) atoms. The van der Waals surface area contributed by atoms with Crippen LogP contribution in [0.5, 0.6) is 0 Å². The van der Waals surface area contributed by atoms with E-state index in [4.69, 9.17) is 8.85 Å². The van der Waals surface area contributed by atoms with Crippen molar-refractivity contribution in [3.8, 4) is 0 Å². The van der Waals surface area contributed by atoms with Gasteiger partial charge in [-0.2, -0.15) is 0 Å². The zero-order chi connectivity index (χ0) is 15.5. The summed E-state index contributed by atoms with van der Waals surface area (Å²) in [6.07, 6.45) is 2.60. The smallest absolute Gasteiger partial charge is 0.186 e. The third kappa shape index (κ3) is 12.8. The average molecular weight is 355 g/mol. The molecule has 0 aromatic carbocycles. The van der Waals surface area contributed by atoms with Crippen LogP contribution in [0.2, 0.25) is 38.3 Å². The van der Waals surface area contributed by atoms with Crippen molar-refractivity contribution in [3.05, 3.63) is 0 Å². The Bertz CT molecular complexity index is 215. The second kappa shape index (κ2) is 11.6. The molecule has 0 heterocycles. The Morgan fingerprint density at radius 1 is 0.700 bits per heavy atom. The molecular weight excluding hydrogens is 320 g/mol. The van der Waals surface area contributed by atoms with Crippen molar-refractivity contribution in [3.63, 3.8) is 0 Å². The van der Waals surface area contributed by atoms with Gasteiger partial charge in [-0.1, -0.05) is 21.6 Å². The van der Waals surface area contributed by atoms with E-state index >= 15 is 0 Å². The molecular formula is C14H34O2S2Si2. The van der Waals surface area contributed by atoms with E-state index in [2.05, 4.69) is 40.0 Å². The maximum Gasteiger partial charge on any atom is 0.186 e. The Morgan fingerprint density at radius 3 is 1.35 bits per heavy atom. The van der Waals surface area contributed by atoms with E-state index in [0.717, 1.165) is 13.2 Å². The molecule has 0 N–H and O–H groups in total. The fourth-order valence-corrected chi connectivity index (χ4v) is 8.75. The third-order valence-corrected chi connectivity index (χ3v) is 11.0. The van der Waals surface area contributed by atoms with E-state index in [1.165, 1.54) is 36.4 Å². The van der Waals surface area contributed by atoms with Gasteiger partial charge in [0.05, 0.1) is 0 Å². The summed E-state index contributed by atoms with van der Waals surface area (Å²) in [5.41, 5.74) is 0. The third-order valence-electron chi connectivity index (χ3n) is 3.17. The van der Waals surface area contributed by atoms with Crippen molar-refractivity contribution in [2.45, 2.75) is 65.0 Å². The summed E-state index contributed by atoms with van der Waals surface area (Å²) in [7, 11) is 1.38. The van der Waals surface area contributed by atoms with Crippen LogP contribution in [0.25, 0.3) is 0 Å². The Hall–Kier alpha value is 1.05. The maximum absolute atomic E-state index is 5.85. The summed E-state index contributed by atoms with van der Waals surface area (Å²) < 4.78 is 11.7. The Kier molecular flexibility index (Phi) is 12.2. The van der Waals surface area contributed by atoms with Crippen LogP contribution in [0.1, 0.15) is 26.7 Å². The van der Waals surface area contributed by atoms with Gasteiger partial charge in [0.25, 0.3) is 0 Å². The molecule has 0 atom stereocenters. The van der Waals surface area contributed by atoms with Gasteiger partial charge in [0.2, 0.25) is 0 Å². The summed E-state index contributed by atoms with van der Waals surface area (Å²) in [5, 5.41) is 0. The van der Waals surface area contributed by atoms with Gasteiger partial charge in [-0.15, -0.1) is 0 Å². The molecule has 0 aliphatic rings. The molecule has 2 nitrogen and oxygen atoms in total. The van der Waals surface area contributed by atoms with Crippen LogP contribution in [0.3, 0.4) is 0 Å². The quantitative estimate of drug-likeness (QED) is 0.242. The van der Waals surface area contributed by atoms with Crippen LogP contribution in [0.15, 0.2) is 0 Å². The average Bonchev–Trinajstić information content (AvgIpc) is 2.32. The zero-order valence-electron chi connectivity index (χ0n) is 14.3. The molecule has 0 radical (unpaired) electrons. The topological polar surface area (TPSA) is 18.5 Å². The van der Waals surface area contributed by atoms with Crippen molar-refractivity contribution in [1.29, 1.82) is 0 Å². The predicted octanol–water partition coefficient (Wildman–Crippen LogP) is 5.63. The normalized spacial score (nSPS) is 12.9. The molecule has 0 rings (SSSR count). The van der Waals surface area contributed by atoms with Gasteiger partial charge in [-0.05, 0) is 65.0 Å². The van der Waals surface area contributed by atoms with Gasteiger partial charge >= 0.3 is 0 Å². The maximum atomic E-state index is 5.85. The fraction of sp³-hybridized carbons (Fsp3) is 1.00. The number of rotatable bonds is 13. The molecule has 0 aliphatic heterocycles. The molecule has 0 saturated heterocycles. The first kappa shape index (κ1) is 21.1. The Labute approximate surface area is 136 Å². The molecule has 0 unspecified atom stereocenters. The summed E-state index contributed by atoms with van der Waals surface area (Å²) in [5.74, 6) is 2.53. The molecule has 0 spiro atoms. The first-order valence-corrected chi connectivity index (χ1v) is 16.6. The Balaban J connectivity index is 3.41. The lowest BCUT2D eigenvalue weighted by Crippen LogP contribution is -2.30. The summed E-state index contributed by atoms with van der Waals surface area (Å²) in [6, 6.07) is 2.58. The second-order valence-corrected chi connectivity index (χ2v) is 17.6. The van der Waals surface area contributed by atoms with E-state index in [9.17, 15) is 0 Å². The molecule has 0 aliphatic carbocycles. The lowest BCUT2D eigenvalue weighted by Gasteiger charge is -2.22. The van der Waals surface area contributed by atoms with Crippen molar-refractivity contribution < 1.29 is 8.85 Å². The monoisotopic (exact) mass is 354 g/mol. The van der Waals surface area contributed by atoms with Crippen molar-refractivity contribution in [2.24, 2.45) is 0 Å². The SMILES string of the molecule is CCO[Si](C)(C)CCCSSCCC[Si](C)(C)OCC. The van der Waals surface area contributed by atoms with Crippen LogP contribution >= 0.6 is 21.6 Å². The molecule has 0 aromatic heterocycles. The lowest BCUT2D eigenvalue weighted by molar-refractivity contribution is 0.328. The molecule has 0 bridgehead atoms. The Morgan fingerprint density at radius 2 is 1.05 bits per heavy atom. The van der Waals surface area contributed by atoms with E-state index in [1.54, 1.807) is 0 Å². The molecule has 122 valence electrons. The predicted molar refractivity (Wildman–Crippen MR) is 102 cm³/mol. The lowest BCUT2D eigenvalue weighted by atomic mass is 10.6. The number of hydrogen-bond donors (Lipinski definition) is 0. The zero-order valence-corrected chi connectivity index (χ0v) is 17.9. The van der Waals surface area contributed by atoms with Gasteiger partial charge in [0, 0.05) is 24.7 Å². The molecule has 0 amide bonds. The van der Waals surface area contributed by atoms with Crippen LogP contribution in [0, 0.1) is 0 Å². The summed E-state index contributed by atoms with van der Waals surface area (Å²) in [4.78, 5) is 0. The minimum Gasteiger partial charge on any atom is -0.418 e. The summed E-state index contributed by atoms with van der Waals surface area (Å²) in [6.45, 7) is 15.3. The molecule has 0 aromatic rings. The molecule has 6 heteroatoms. The van der Waals surface area contributed by atoms with Crippen molar-refractivity contribution >= 4 is 38.2 Å². The summed E-state index contributed by atoms with van der Waals surface area (Å²) >= 11 is 0. The van der Waals surface area contributed by atoms with E-state index in [0.29, 0.717) is 0 Å². The first-order chi connectivity index (χ1) is 9.33. The van der Waals surface area contributed by atoms with Crippen molar-refractivity contribution in [2.75, 3.05) is 24.7 Å². The highest BCUT2D eigenvalue weighted by Gasteiger charge is 2.21. The van der Waals surface area contributed by atoms with Gasteiger partial charge in [-0.3, -0.25) is 0 Å². The standard InChI is InChI=1S/C14H34O2S2Si2/c1-7-15-19(3,4)13-9-11-17-18-12-10-14-20(5,6)16-8-2/h7-14H2,1-6H3. The van der Waals surface area contributed by atoms with Gasteiger partial charge in [-0.25, -0.2) is 0 Å². The fourth-order valence-electron chi connectivity index (χ4n) is 2.16.